The lowest BCUT2D eigenvalue weighted by atomic mass is 9.84. The summed E-state index contributed by atoms with van der Waals surface area (Å²) >= 11 is 5.98. The number of nitrogens with zero attached hydrogens (tertiary/aromatic N) is 1. The maximum Gasteiger partial charge on any atom is 0.253 e. The number of aromatic nitrogens is 1. The van der Waals surface area contributed by atoms with Crippen LogP contribution in [0.2, 0.25) is 5.02 Å². The van der Waals surface area contributed by atoms with Crippen LogP contribution < -0.4 is 11.1 Å². The summed E-state index contributed by atoms with van der Waals surface area (Å²) in [6, 6.07) is 1.67. The van der Waals surface area contributed by atoms with Crippen LogP contribution in [0.4, 0.5) is 0 Å². The average Bonchev–Trinajstić information content (AvgIpc) is 2.46. The lowest BCUT2D eigenvalue weighted by Crippen LogP contribution is -2.46. The number of hydrogen-bond acceptors (Lipinski definition) is 3. The minimum absolute atomic E-state index is 0. The molecule has 0 bridgehead atoms. The number of nitrogens with one attached hydrogen (secondary N) is 1. The SMILES string of the molecule is Cl.Cl.NCC(NC(=O)c1ccncc1Cl)C1CCCCC1. The largest absolute Gasteiger partial charge is 0.348 e. The van der Waals surface area contributed by atoms with Crippen LogP contribution in [0, 0.1) is 5.92 Å². The van der Waals surface area contributed by atoms with E-state index in [0.717, 1.165) is 12.8 Å². The van der Waals surface area contributed by atoms with Crippen LogP contribution in [0.3, 0.4) is 0 Å². The molecule has 3 N–H and O–H groups in total. The number of amides is 1. The third kappa shape index (κ3) is 5.62. The van der Waals surface area contributed by atoms with Crippen molar-refractivity contribution in [2.45, 2.75) is 38.1 Å². The third-order valence-electron chi connectivity index (χ3n) is 3.81. The van der Waals surface area contributed by atoms with Crippen molar-refractivity contribution in [3.05, 3.63) is 29.0 Å². The van der Waals surface area contributed by atoms with Crippen LogP contribution in [0.5, 0.6) is 0 Å². The van der Waals surface area contributed by atoms with Gasteiger partial charge in [-0.05, 0) is 24.8 Å². The van der Waals surface area contributed by atoms with Gasteiger partial charge in [-0.1, -0.05) is 30.9 Å². The molecule has 0 spiro atoms. The topological polar surface area (TPSA) is 68.0 Å². The Labute approximate surface area is 143 Å². The molecule has 21 heavy (non-hydrogen) atoms. The van der Waals surface area contributed by atoms with E-state index >= 15 is 0 Å². The summed E-state index contributed by atoms with van der Waals surface area (Å²) in [6.07, 6.45) is 9.09. The molecule has 1 saturated carbocycles. The Morgan fingerprint density at radius 1 is 1.38 bits per heavy atom. The standard InChI is InChI=1S/C14H20ClN3O.2ClH/c15-12-9-17-7-6-11(12)14(19)18-13(8-16)10-4-2-1-3-5-10;;/h6-7,9-10,13H,1-5,8,16H2,(H,18,19);2*1H. The van der Waals surface area contributed by atoms with Crippen LogP contribution in [0.15, 0.2) is 18.5 Å². The first-order valence-electron chi connectivity index (χ1n) is 6.83. The van der Waals surface area contributed by atoms with Crippen molar-refractivity contribution in [1.82, 2.24) is 10.3 Å². The molecule has 1 aliphatic carbocycles. The van der Waals surface area contributed by atoms with Crippen LogP contribution in [0.25, 0.3) is 0 Å². The maximum atomic E-state index is 12.2. The predicted molar refractivity (Wildman–Crippen MR) is 90.6 cm³/mol. The van der Waals surface area contributed by atoms with Gasteiger partial charge in [-0.3, -0.25) is 9.78 Å². The molecular formula is C14H22Cl3N3O. The number of carbonyl (C=O) groups excluding carboxylic acids is 1. The van der Waals surface area contributed by atoms with E-state index in [1.165, 1.54) is 25.5 Å². The zero-order chi connectivity index (χ0) is 13.7. The van der Waals surface area contributed by atoms with Gasteiger partial charge in [-0.2, -0.15) is 0 Å². The van der Waals surface area contributed by atoms with Crippen molar-refractivity contribution in [2.24, 2.45) is 11.7 Å². The predicted octanol–water partition coefficient (Wildman–Crippen LogP) is 3.22. The molecule has 1 unspecified atom stereocenters. The van der Waals surface area contributed by atoms with Crippen LogP contribution in [0.1, 0.15) is 42.5 Å². The second kappa shape index (κ2) is 10.2. The quantitative estimate of drug-likeness (QED) is 0.872. The van der Waals surface area contributed by atoms with Crippen molar-refractivity contribution >= 4 is 42.3 Å². The number of hydrogen-bond donors (Lipinski definition) is 2. The molecule has 1 amide bonds. The number of halogens is 3. The summed E-state index contributed by atoms with van der Waals surface area (Å²) in [4.78, 5) is 16.1. The van der Waals surface area contributed by atoms with Gasteiger partial charge in [0, 0.05) is 25.0 Å². The lowest BCUT2D eigenvalue weighted by Gasteiger charge is -2.30. The molecule has 2 rings (SSSR count). The second-order valence-electron chi connectivity index (χ2n) is 5.07. The summed E-state index contributed by atoms with van der Waals surface area (Å²) in [5.74, 6) is 0.330. The molecule has 1 heterocycles. The first kappa shape index (κ1) is 20.5. The molecule has 1 atom stereocenters. The van der Waals surface area contributed by atoms with Crippen molar-refractivity contribution in [1.29, 1.82) is 0 Å². The minimum Gasteiger partial charge on any atom is -0.348 e. The number of rotatable bonds is 4. The highest BCUT2D eigenvalue weighted by Crippen LogP contribution is 2.26. The highest BCUT2D eigenvalue weighted by molar-refractivity contribution is 6.33. The van der Waals surface area contributed by atoms with E-state index in [1.54, 1.807) is 12.3 Å². The maximum absolute atomic E-state index is 12.2. The van der Waals surface area contributed by atoms with E-state index in [2.05, 4.69) is 10.3 Å². The van der Waals surface area contributed by atoms with Gasteiger partial charge < -0.3 is 11.1 Å². The van der Waals surface area contributed by atoms with Gasteiger partial charge in [-0.25, -0.2) is 0 Å². The van der Waals surface area contributed by atoms with Crippen LogP contribution in [-0.4, -0.2) is 23.5 Å². The third-order valence-corrected chi connectivity index (χ3v) is 4.11. The number of pyridine rings is 1. The van der Waals surface area contributed by atoms with Gasteiger partial charge in [0.05, 0.1) is 10.6 Å². The second-order valence-corrected chi connectivity index (χ2v) is 5.48. The van der Waals surface area contributed by atoms with Gasteiger partial charge >= 0.3 is 0 Å². The Hall–Kier alpha value is -0.550. The molecule has 0 aromatic carbocycles. The lowest BCUT2D eigenvalue weighted by molar-refractivity contribution is 0.0915. The zero-order valence-corrected chi connectivity index (χ0v) is 14.1. The fraction of sp³-hybridized carbons (Fsp3) is 0.571. The van der Waals surface area contributed by atoms with E-state index in [1.807, 2.05) is 0 Å². The summed E-state index contributed by atoms with van der Waals surface area (Å²) in [7, 11) is 0. The molecule has 4 nitrogen and oxygen atoms in total. The molecule has 1 aliphatic rings. The summed E-state index contributed by atoms with van der Waals surface area (Å²) < 4.78 is 0. The Bertz CT molecular complexity index is 439. The molecule has 120 valence electrons. The fourth-order valence-electron chi connectivity index (χ4n) is 2.71. The van der Waals surface area contributed by atoms with E-state index in [4.69, 9.17) is 17.3 Å². The van der Waals surface area contributed by atoms with Crippen molar-refractivity contribution in [2.75, 3.05) is 6.54 Å². The minimum atomic E-state index is -0.159. The monoisotopic (exact) mass is 353 g/mol. The Balaban J connectivity index is 0.00000200. The Kier molecular flexibility index (Phi) is 9.95. The zero-order valence-electron chi connectivity index (χ0n) is 11.8. The molecule has 0 aliphatic heterocycles. The van der Waals surface area contributed by atoms with Gasteiger partial charge in [0.2, 0.25) is 0 Å². The normalized spacial score (nSPS) is 16.3. The van der Waals surface area contributed by atoms with Crippen molar-refractivity contribution in [3.8, 4) is 0 Å². The van der Waals surface area contributed by atoms with Gasteiger partial charge in [0.15, 0.2) is 0 Å². The molecule has 1 fully saturated rings. The Morgan fingerprint density at radius 2 is 2.05 bits per heavy atom. The highest BCUT2D eigenvalue weighted by Gasteiger charge is 2.24. The van der Waals surface area contributed by atoms with E-state index in [-0.39, 0.29) is 36.8 Å². The molecule has 1 aromatic rings. The Morgan fingerprint density at radius 3 is 2.62 bits per heavy atom. The first-order valence-corrected chi connectivity index (χ1v) is 7.20. The van der Waals surface area contributed by atoms with E-state index in [9.17, 15) is 4.79 Å². The molecule has 7 heteroatoms. The molecule has 0 saturated heterocycles. The molecule has 0 radical (unpaired) electrons. The summed E-state index contributed by atoms with van der Waals surface area (Å²) in [5, 5.41) is 3.39. The summed E-state index contributed by atoms with van der Waals surface area (Å²) in [6.45, 7) is 0.471. The van der Waals surface area contributed by atoms with E-state index < -0.39 is 0 Å². The molecular weight excluding hydrogens is 333 g/mol. The van der Waals surface area contributed by atoms with Gasteiger partial charge in [-0.15, -0.1) is 24.8 Å². The van der Waals surface area contributed by atoms with Crippen molar-refractivity contribution in [3.63, 3.8) is 0 Å². The van der Waals surface area contributed by atoms with Gasteiger partial charge in [0.25, 0.3) is 5.91 Å². The van der Waals surface area contributed by atoms with Crippen molar-refractivity contribution < 1.29 is 4.79 Å². The van der Waals surface area contributed by atoms with E-state index in [0.29, 0.717) is 23.0 Å². The van der Waals surface area contributed by atoms with Crippen LogP contribution in [-0.2, 0) is 0 Å². The molecule has 1 aromatic heterocycles. The van der Waals surface area contributed by atoms with Gasteiger partial charge in [0.1, 0.15) is 0 Å². The highest BCUT2D eigenvalue weighted by atomic mass is 35.5. The number of nitrogens with two attached hydrogens (primary N) is 1. The number of carbonyl (C=O) groups is 1. The average molecular weight is 355 g/mol. The first-order chi connectivity index (χ1) is 9.22. The fourth-order valence-corrected chi connectivity index (χ4v) is 2.92. The van der Waals surface area contributed by atoms with Crippen LogP contribution >= 0.6 is 36.4 Å². The summed E-state index contributed by atoms with van der Waals surface area (Å²) in [5.41, 5.74) is 6.27. The smallest absolute Gasteiger partial charge is 0.253 e.